The summed E-state index contributed by atoms with van der Waals surface area (Å²) in [5.41, 5.74) is 0. The molecule has 0 bridgehead atoms. The van der Waals surface area contributed by atoms with Crippen LogP contribution in [0.3, 0.4) is 0 Å². The van der Waals surface area contributed by atoms with Gasteiger partial charge in [0.25, 0.3) is 0 Å². The van der Waals surface area contributed by atoms with E-state index in [-0.39, 0.29) is 24.0 Å². The molecular weight excluding hydrogens is 206 g/mol. The molecule has 1 saturated heterocycles. The number of carbonyl (C=O) groups excluding carboxylic acids is 1. The van der Waals surface area contributed by atoms with E-state index in [1.807, 2.05) is 13.8 Å². The van der Waals surface area contributed by atoms with Crippen molar-refractivity contribution in [2.75, 3.05) is 13.2 Å². The number of amides is 1. The van der Waals surface area contributed by atoms with Crippen LogP contribution < -0.4 is 5.32 Å². The molecule has 1 heterocycles. The smallest absolute Gasteiger partial charge is 0.222 e. The van der Waals surface area contributed by atoms with E-state index in [1.165, 1.54) is 0 Å². The fourth-order valence-electron chi connectivity index (χ4n) is 1.78. The van der Waals surface area contributed by atoms with Crippen LogP contribution >= 0.6 is 0 Å². The summed E-state index contributed by atoms with van der Waals surface area (Å²) in [6, 6.07) is 0. The Bertz CT molecular complexity index is 212. The Morgan fingerprint density at radius 3 is 2.88 bits per heavy atom. The summed E-state index contributed by atoms with van der Waals surface area (Å²) < 4.78 is 5.38. The van der Waals surface area contributed by atoms with Gasteiger partial charge in [-0.2, -0.15) is 0 Å². The lowest BCUT2D eigenvalue weighted by atomic mass is 10.0. The van der Waals surface area contributed by atoms with Crippen molar-refractivity contribution in [1.29, 1.82) is 0 Å². The summed E-state index contributed by atoms with van der Waals surface area (Å²) >= 11 is 0. The lowest BCUT2D eigenvalue weighted by Gasteiger charge is -2.15. The first-order chi connectivity index (χ1) is 7.59. The first-order valence-electron chi connectivity index (χ1n) is 6.16. The third kappa shape index (κ3) is 4.94. The minimum atomic E-state index is -0.331. The maximum absolute atomic E-state index is 11.5. The van der Waals surface area contributed by atoms with Crippen LogP contribution in [-0.2, 0) is 9.53 Å². The number of nitrogens with one attached hydrogen (secondary N) is 1. The van der Waals surface area contributed by atoms with Gasteiger partial charge >= 0.3 is 0 Å². The number of hydrogen-bond donors (Lipinski definition) is 2. The molecule has 0 spiro atoms. The van der Waals surface area contributed by atoms with Crippen molar-refractivity contribution in [2.45, 2.75) is 51.7 Å². The highest BCUT2D eigenvalue weighted by atomic mass is 16.5. The second-order valence-corrected chi connectivity index (χ2v) is 4.79. The maximum atomic E-state index is 11.5. The molecule has 0 radical (unpaired) electrons. The number of ether oxygens (including phenoxy) is 1. The summed E-state index contributed by atoms with van der Waals surface area (Å²) in [5, 5.41) is 12.4. The largest absolute Gasteiger partial charge is 0.393 e. The molecule has 1 rings (SSSR count). The molecule has 2 unspecified atom stereocenters. The van der Waals surface area contributed by atoms with Crippen LogP contribution in [0.15, 0.2) is 0 Å². The highest BCUT2D eigenvalue weighted by molar-refractivity contribution is 5.76. The van der Waals surface area contributed by atoms with E-state index >= 15 is 0 Å². The van der Waals surface area contributed by atoms with Crippen molar-refractivity contribution >= 4 is 5.91 Å². The molecule has 94 valence electrons. The number of carbonyl (C=O) groups is 1. The number of aliphatic hydroxyl groups is 1. The lowest BCUT2D eigenvalue weighted by Crippen LogP contribution is -2.30. The Hall–Kier alpha value is -0.610. The zero-order chi connectivity index (χ0) is 12.0. The van der Waals surface area contributed by atoms with E-state index in [0.29, 0.717) is 19.4 Å². The van der Waals surface area contributed by atoms with E-state index < -0.39 is 0 Å². The van der Waals surface area contributed by atoms with E-state index in [9.17, 15) is 9.90 Å². The molecule has 1 fully saturated rings. The zero-order valence-corrected chi connectivity index (χ0v) is 10.2. The number of aliphatic hydroxyl groups excluding tert-OH is 1. The van der Waals surface area contributed by atoms with Crippen LogP contribution in [0.1, 0.15) is 39.5 Å². The normalized spacial score (nSPS) is 22.4. The molecule has 0 aromatic heterocycles. The number of rotatable bonds is 6. The fourth-order valence-corrected chi connectivity index (χ4v) is 1.78. The Balaban J connectivity index is 2.05. The SMILES string of the molecule is CC(C)C(O)CCNC(=O)CC1CCCO1. The van der Waals surface area contributed by atoms with Crippen LogP contribution in [0, 0.1) is 5.92 Å². The predicted molar refractivity (Wildman–Crippen MR) is 62.1 cm³/mol. The fraction of sp³-hybridized carbons (Fsp3) is 0.917. The minimum Gasteiger partial charge on any atom is -0.393 e. The Morgan fingerprint density at radius 2 is 2.31 bits per heavy atom. The van der Waals surface area contributed by atoms with Gasteiger partial charge in [-0.05, 0) is 25.2 Å². The van der Waals surface area contributed by atoms with Gasteiger partial charge in [0.2, 0.25) is 5.91 Å². The van der Waals surface area contributed by atoms with E-state index in [4.69, 9.17) is 4.74 Å². The molecule has 2 atom stereocenters. The standard InChI is InChI=1S/C12H23NO3/c1-9(2)11(14)5-6-13-12(15)8-10-4-3-7-16-10/h9-11,14H,3-8H2,1-2H3,(H,13,15). The maximum Gasteiger partial charge on any atom is 0.222 e. The summed E-state index contributed by atoms with van der Waals surface area (Å²) in [4.78, 5) is 11.5. The minimum absolute atomic E-state index is 0.0304. The Labute approximate surface area is 97.4 Å². The molecule has 2 N–H and O–H groups in total. The first-order valence-corrected chi connectivity index (χ1v) is 6.16. The molecule has 16 heavy (non-hydrogen) atoms. The second-order valence-electron chi connectivity index (χ2n) is 4.79. The van der Waals surface area contributed by atoms with Gasteiger partial charge in [0.15, 0.2) is 0 Å². The number of hydrogen-bond acceptors (Lipinski definition) is 3. The molecule has 0 aliphatic carbocycles. The van der Waals surface area contributed by atoms with Gasteiger partial charge in [-0.1, -0.05) is 13.8 Å². The molecule has 1 amide bonds. The van der Waals surface area contributed by atoms with Gasteiger partial charge < -0.3 is 15.2 Å². The molecular formula is C12H23NO3. The van der Waals surface area contributed by atoms with Crippen molar-refractivity contribution in [2.24, 2.45) is 5.92 Å². The molecule has 1 aliphatic heterocycles. The predicted octanol–water partition coefficient (Wildman–Crippen LogP) is 1.08. The monoisotopic (exact) mass is 229 g/mol. The van der Waals surface area contributed by atoms with E-state index in [2.05, 4.69) is 5.32 Å². The van der Waals surface area contributed by atoms with Gasteiger partial charge in [-0.15, -0.1) is 0 Å². The Kier molecular flexibility index (Phi) is 5.77. The average molecular weight is 229 g/mol. The average Bonchev–Trinajstić information content (AvgIpc) is 2.70. The molecule has 0 aromatic rings. The topological polar surface area (TPSA) is 58.6 Å². The van der Waals surface area contributed by atoms with Gasteiger partial charge in [0.1, 0.15) is 0 Å². The highest BCUT2D eigenvalue weighted by Gasteiger charge is 2.19. The van der Waals surface area contributed by atoms with Gasteiger partial charge in [0, 0.05) is 13.2 Å². The van der Waals surface area contributed by atoms with Crippen molar-refractivity contribution in [3.63, 3.8) is 0 Å². The zero-order valence-electron chi connectivity index (χ0n) is 10.2. The van der Waals surface area contributed by atoms with Crippen molar-refractivity contribution in [3.8, 4) is 0 Å². The van der Waals surface area contributed by atoms with Gasteiger partial charge in [-0.25, -0.2) is 0 Å². The van der Waals surface area contributed by atoms with Crippen LogP contribution in [0.4, 0.5) is 0 Å². The molecule has 4 nitrogen and oxygen atoms in total. The van der Waals surface area contributed by atoms with Crippen molar-refractivity contribution < 1.29 is 14.6 Å². The van der Waals surface area contributed by atoms with E-state index in [1.54, 1.807) is 0 Å². The Morgan fingerprint density at radius 1 is 1.56 bits per heavy atom. The first kappa shape index (κ1) is 13.5. The molecule has 0 aromatic carbocycles. The van der Waals surface area contributed by atoms with Crippen LogP contribution in [0.2, 0.25) is 0 Å². The third-order valence-corrected chi connectivity index (χ3v) is 2.97. The molecule has 0 saturated carbocycles. The summed E-state index contributed by atoms with van der Waals surface area (Å²) in [6.07, 6.45) is 2.90. The van der Waals surface area contributed by atoms with Crippen LogP contribution in [0.5, 0.6) is 0 Å². The van der Waals surface area contributed by atoms with Gasteiger partial charge in [0.05, 0.1) is 18.6 Å². The quantitative estimate of drug-likeness (QED) is 0.716. The van der Waals surface area contributed by atoms with Crippen LogP contribution in [-0.4, -0.2) is 36.4 Å². The van der Waals surface area contributed by atoms with Crippen LogP contribution in [0.25, 0.3) is 0 Å². The van der Waals surface area contributed by atoms with Gasteiger partial charge in [-0.3, -0.25) is 4.79 Å². The molecule has 1 aliphatic rings. The summed E-state index contributed by atoms with van der Waals surface area (Å²) in [5.74, 6) is 0.276. The van der Waals surface area contributed by atoms with Crippen molar-refractivity contribution in [1.82, 2.24) is 5.32 Å². The lowest BCUT2D eigenvalue weighted by molar-refractivity contribution is -0.123. The summed E-state index contributed by atoms with van der Waals surface area (Å²) in [6.45, 7) is 5.27. The summed E-state index contributed by atoms with van der Waals surface area (Å²) in [7, 11) is 0. The van der Waals surface area contributed by atoms with Crippen molar-refractivity contribution in [3.05, 3.63) is 0 Å². The molecule has 4 heteroatoms. The van der Waals surface area contributed by atoms with E-state index in [0.717, 1.165) is 19.4 Å². The highest BCUT2D eigenvalue weighted by Crippen LogP contribution is 2.14. The third-order valence-electron chi connectivity index (χ3n) is 2.97. The second kappa shape index (κ2) is 6.86.